The highest BCUT2D eigenvalue weighted by Crippen LogP contribution is 2.27. The summed E-state index contributed by atoms with van der Waals surface area (Å²) >= 11 is 0. The molecule has 22 heavy (non-hydrogen) atoms. The molecule has 2 aliphatic heterocycles. The quantitative estimate of drug-likeness (QED) is 0.396. The third-order valence-corrected chi connectivity index (χ3v) is 3.44. The van der Waals surface area contributed by atoms with Crippen LogP contribution in [0.4, 0.5) is 0 Å². The van der Waals surface area contributed by atoms with Crippen molar-refractivity contribution in [1.82, 2.24) is 20.0 Å². The van der Waals surface area contributed by atoms with Gasteiger partial charge in [-0.25, -0.2) is 40.5 Å². The fourth-order valence-corrected chi connectivity index (χ4v) is 2.58. The second-order valence-corrected chi connectivity index (χ2v) is 4.43. The first-order valence-corrected chi connectivity index (χ1v) is 5.89. The Morgan fingerprint density at radius 1 is 0.545 bits per heavy atom. The SMILES string of the molecule is O=[N+]([O-])N1CCN([N+](=O)[O-])C2C1N([N+](=O)[O-])CCN2[N+](=O)[O-]. The summed E-state index contributed by atoms with van der Waals surface area (Å²) in [5, 5.41) is 42.0. The average Bonchev–Trinajstić information content (AvgIpc) is 2.43. The molecular formula is C6H10N8O8. The van der Waals surface area contributed by atoms with E-state index < -0.39 is 58.6 Å². The molecule has 0 aromatic carbocycles. The number of nitrogens with zero attached hydrogens (tertiary/aromatic N) is 8. The van der Waals surface area contributed by atoms with Gasteiger partial charge in [-0.3, -0.25) is 0 Å². The molecule has 2 rings (SSSR count). The molecule has 0 N–H and O–H groups in total. The van der Waals surface area contributed by atoms with E-state index in [4.69, 9.17) is 0 Å². The molecule has 0 amide bonds. The molecule has 0 atom stereocenters. The Morgan fingerprint density at radius 2 is 0.727 bits per heavy atom. The van der Waals surface area contributed by atoms with Gasteiger partial charge in [-0.1, -0.05) is 20.0 Å². The minimum absolute atomic E-state index is 0.406. The zero-order valence-electron chi connectivity index (χ0n) is 10.8. The van der Waals surface area contributed by atoms with Gasteiger partial charge in [0.15, 0.2) is 20.1 Å². The van der Waals surface area contributed by atoms with Gasteiger partial charge in [0.2, 0.25) is 0 Å². The van der Waals surface area contributed by atoms with E-state index in [0.29, 0.717) is 20.0 Å². The first-order chi connectivity index (χ1) is 10.3. The van der Waals surface area contributed by atoms with Crippen LogP contribution < -0.4 is 0 Å². The molecule has 0 spiro atoms. The zero-order chi connectivity index (χ0) is 16.6. The van der Waals surface area contributed by atoms with Crippen molar-refractivity contribution >= 4 is 0 Å². The van der Waals surface area contributed by atoms with Crippen molar-refractivity contribution in [3.8, 4) is 0 Å². The summed E-state index contributed by atoms with van der Waals surface area (Å²) in [4.78, 5) is 44.1. The molecule has 0 radical (unpaired) electrons. The lowest BCUT2D eigenvalue weighted by molar-refractivity contribution is -0.791. The maximum absolute atomic E-state index is 11.0. The lowest BCUT2D eigenvalue weighted by atomic mass is 10.2. The molecule has 0 saturated carbocycles. The Hall–Kier alpha value is -3.20. The van der Waals surface area contributed by atoms with Crippen molar-refractivity contribution in [2.45, 2.75) is 12.3 Å². The van der Waals surface area contributed by atoms with Crippen LogP contribution in [0.1, 0.15) is 0 Å². The molecule has 2 heterocycles. The van der Waals surface area contributed by atoms with Crippen LogP contribution in [0.5, 0.6) is 0 Å². The van der Waals surface area contributed by atoms with Crippen molar-refractivity contribution in [1.29, 1.82) is 0 Å². The van der Waals surface area contributed by atoms with Crippen LogP contribution >= 0.6 is 0 Å². The van der Waals surface area contributed by atoms with Gasteiger partial charge in [0.1, 0.15) is 26.2 Å². The maximum atomic E-state index is 11.0. The van der Waals surface area contributed by atoms with Crippen molar-refractivity contribution in [3.05, 3.63) is 40.5 Å². The minimum Gasteiger partial charge on any atom is -0.235 e. The summed E-state index contributed by atoms with van der Waals surface area (Å²) in [5.74, 6) is 0. The van der Waals surface area contributed by atoms with Gasteiger partial charge in [0, 0.05) is 0 Å². The van der Waals surface area contributed by atoms with Crippen LogP contribution in [0.2, 0.25) is 0 Å². The minimum atomic E-state index is -1.76. The Kier molecular flexibility index (Phi) is 3.66. The summed E-state index contributed by atoms with van der Waals surface area (Å²) < 4.78 is 0. The van der Waals surface area contributed by atoms with E-state index in [1.165, 1.54) is 0 Å². The largest absolute Gasteiger partial charge is 0.266 e. The number of hydrazine groups is 4. The van der Waals surface area contributed by atoms with Crippen LogP contribution in [0.25, 0.3) is 0 Å². The molecule has 2 aliphatic rings. The number of nitro groups is 4. The van der Waals surface area contributed by atoms with Gasteiger partial charge in [-0.05, 0) is 0 Å². The van der Waals surface area contributed by atoms with Crippen molar-refractivity contribution in [2.24, 2.45) is 0 Å². The van der Waals surface area contributed by atoms with Gasteiger partial charge in [0.05, 0.1) is 0 Å². The summed E-state index contributed by atoms with van der Waals surface area (Å²) in [6.45, 7) is -1.92. The highest BCUT2D eigenvalue weighted by atomic mass is 16.7. The number of piperazine rings is 2. The summed E-state index contributed by atoms with van der Waals surface area (Å²) in [7, 11) is 0. The van der Waals surface area contributed by atoms with Gasteiger partial charge in [-0.15, -0.1) is 0 Å². The molecule has 122 valence electrons. The number of fused-ring (bicyclic) bond motifs is 1. The fourth-order valence-electron chi connectivity index (χ4n) is 2.58. The molecule has 0 unspecified atom stereocenters. The Balaban J connectivity index is 2.48. The molecule has 16 heteroatoms. The summed E-state index contributed by atoms with van der Waals surface area (Å²) in [6, 6.07) is 0. The third-order valence-electron chi connectivity index (χ3n) is 3.44. The van der Waals surface area contributed by atoms with E-state index in [-0.39, 0.29) is 0 Å². The van der Waals surface area contributed by atoms with Crippen molar-refractivity contribution in [2.75, 3.05) is 26.2 Å². The molecular weight excluding hydrogens is 312 g/mol. The highest BCUT2D eigenvalue weighted by Gasteiger charge is 2.61. The first kappa shape index (κ1) is 15.2. The lowest BCUT2D eigenvalue weighted by Gasteiger charge is -2.44. The van der Waals surface area contributed by atoms with E-state index in [0.717, 1.165) is 0 Å². The Labute approximate surface area is 120 Å². The van der Waals surface area contributed by atoms with E-state index in [1.807, 2.05) is 0 Å². The summed E-state index contributed by atoms with van der Waals surface area (Å²) in [5.41, 5.74) is 0. The first-order valence-electron chi connectivity index (χ1n) is 5.89. The molecule has 0 aromatic heterocycles. The van der Waals surface area contributed by atoms with Crippen molar-refractivity contribution in [3.63, 3.8) is 0 Å². The van der Waals surface area contributed by atoms with Crippen LogP contribution in [0, 0.1) is 40.5 Å². The Morgan fingerprint density at radius 3 is 0.864 bits per heavy atom. The molecule has 0 aliphatic carbocycles. The van der Waals surface area contributed by atoms with Gasteiger partial charge in [0.25, 0.3) is 12.3 Å². The molecule has 0 aromatic rings. The topological polar surface area (TPSA) is 186 Å². The normalized spacial score (nSPS) is 24.7. The van der Waals surface area contributed by atoms with E-state index in [1.54, 1.807) is 0 Å². The van der Waals surface area contributed by atoms with Crippen LogP contribution in [0.15, 0.2) is 0 Å². The predicted octanol–water partition coefficient (Wildman–Crippen LogP) is -2.36. The second kappa shape index (κ2) is 5.30. The zero-order valence-corrected chi connectivity index (χ0v) is 10.8. The van der Waals surface area contributed by atoms with E-state index in [9.17, 15) is 40.5 Å². The molecule has 0 bridgehead atoms. The lowest BCUT2D eigenvalue weighted by Crippen LogP contribution is -2.77. The van der Waals surface area contributed by atoms with Crippen LogP contribution in [0.3, 0.4) is 0 Å². The number of rotatable bonds is 4. The van der Waals surface area contributed by atoms with Gasteiger partial charge in [-0.2, -0.15) is 0 Å². The standard InChI is InChI=1S/C6H10N8O8/c15-11(16)7-1-2-8(12(17)18)6-5(7)9(13(19)20)3-4-10(6)14(21)22/h5-6H,1-4H2. The number of hydrogen-bond donors (Lipinski definition) is 0. The predicted molar refractivity (Wildman–Crippen MR) is 62.4 cm³/mol. The third kappa shape index (κ3) is 2.29. The van der Waals surface area contributed by atoms with E-state index in [2.05, 4.69) is 0 Å². The van der Waals surface area contributed by atoms with Gasteiger partial charge >= 0.3 is 0 Å². The number of hydrogen-bond acceptors (Lipinski definition) is 8. The molecule has 2 fully saturated rings. The average molecular weight is 322 g/mol. The maximum Gasteiger partial charge on any atom is 0.266 e. The molecule has 16 nitrogen and oxygen atoms in total. The fraction of sp³-hybridized carbons (Fsp3) is 1.00. The summed E-state index contributed by atoms with van der Waals surface area (Å²) in [6.07, 6.45) is -3.52. The van der Waals surface area contributed by atoms with Crippen molar-refractivity contribution < 1.29 is 20.1 Å². The monoisotopic (exact) mass is 322 g/mol. The van der Waals surface area contributed by atoms with Crippen LogP contribution in [-0.2, 0) is 0 Å². The van der Waals surface area contributed by atoms with Gasteiger partial charge < -0.3 is 0 Å². The second-order valence-electron chi connectivity index (χ2n) is 4.43. The van der Waals surface area contributed by atoms with Crippen LogP contribution in [-0.4, -0.2) is 78.7 Å². The smallest absolute Gasteiger partial charge is 0.235 e. The molecule has 2 saturated heterocycles. The Bertz CT molecular complexity index is 437. The van der Waals surface area contributed by atoms with E-state index >= 15 is 0 Å². The highest BCUT2D eigenvalue weighted by molar-refractivity contribution is 4.85.